The van der Waals surface area contributed by atoms with E-state index in [2.05, 4.69) is 28.3 Å². The average molecular weight is 278 g/mol. The van der Waals surface area contributed by atoms with Crippen LogP contribution in [0.5, 0.6) is 0 Å². The summed E-state index contributed by atoms with van der Waals surface area (Å²) in [6, 6.07) is 2.10. The Labute approximate surface area is 116 Å². The number of anilines is 1. The van der Waals surface area contributed by atoms with E-state index in [1.807, 2.05) is 6.92 Å². The summed E-state index contributed by atoms with van der Waals surface area (Å²) in [5, 5.41) is 4.11. The molecule has 0 fully saturated rings. The lowest BCUT2D eigenvalue weighted by Crippen LogP contribution is -2.28. The molecule has 0 saturated carbocycles. The Morgan fingerprint density at radius 2 is 2.16 bits per heavy atom. The van der Waals surface area contributed by atoms with E-state index in [0.717, 1.165) is 28.3 Å². The number of aryl methyl sites for hydroxylation is 2. The first kappa shape index (κ1) is 13.7. The number of hydrogen-bond acceptors (Lipinski definition) is 5. The number of fused-ring (bicyclic) bond motifs is 1. The fraction of sp³-hybridized carbons (Fsp3) is 0.462. The molecule has 6 heteroatoms. The van der Waals surface area contributed by atoms with Gasteiger partial charge in [-0.05, 0) is 19.4 Å². The fourth-order valence-corrected chi connectivity index (χ4v) is 2.72. The van der Waals surface area contributed by atoms with E-state index in [0.29, 0.717) is 0 Å². The van der Waals surface area contributed by atoms with Crippen molar-refractivity contribution >= 4 is 33.3 Å². The quantitative estimate of drug-likeness (QED) is 0.930. The molecule has 1 amide bonds. The predicted molar refractivity (Wildman–Crippen MR) is 78.7 cm³/mol. The van der Waals surface area contributed by atoms with E-state index < -0.39 is 0 Å². The highest BCUT2D eigenvalue weighted by molar-refractivity contribution is 7.18. The number of likely N-dealkylation sites (N-methyl/N-ethyl adjacent to an activating group) is 1. The Morgan fingerprint density at radius 3 is 2.79 bits per heavy atom. The van der Waals surface area contributed by atoms with Gasteiger partial charge in [0.2, 0.25) is 5.91 Å². The van der Waals surface area contributed by atoms with Crippen molar-refractivity contribution < 1.29 is 4.79 Å². The summed E-state index contributed by atoms with van der Waals surface area (Å²) in [5.41, 5.74) is 0. The maximum Gasteiger partial charge on any atom is 0.241 e. The monoisotopic (exact) mass is 278 g/mol. The summed E-state index contributed by atoms with van der Waals surface area (Å²) in [6.45, 7) is 4.23. The molecule has 0 spiro atoms. The largest absolute Gasteiger partial charge is 0.360 e. The van der Waals surface area contributed by atoms with Gasteiger partial charge in [-0.2, -0.15) is 0 Å². The van der Waals surface area contributed by atoms with Gasteiger partial charge < -0.3 is 10.2 Å². The molecule has 2 aromatic heterocycles. The topological polar surface area (TPSA) is 58.1 Å². The smallest absolute Gasteiger partial charge is 0.241 e. The van der Waals surface area contributed by atoms with Crippen molar-refractivity contribution in [2.75, 3.05) is 26.0 Å². The summed E-state index contributed by atoms with van der Waals surface area (Å²) in [5.74, 6) is 1.49. The van der Waals surface area contributed by atoms with Crippen LogP contribution in [0.2, 0.25) is 0 Å². The lowest BCUT2D eigenvalue weighted by molar-refractivity contribution is -0.126. The third-order valence-electron chi connectivity index (χ3n) is 2.81. The minimum atomic E-state index is 0.0235. The highest BCUT2D eigenvalue weighted by Crippen LogP contribution is 2.29. The number of nitrogens with zero attached hydrogens (tertiary/aromatic N) is 3. The number of aromatic nitrogens is 2. The highest BCUT2D eigenvalue weighted by Gasteiger charge is 2.11. The Bertz CT molecular complexity index is 606. The van der Waals surface area contributed by atoms with Crippen molar-refractivity contribution in [1.82, 2.24) is 14.9 Å². The van der Waals surface area contributed by atoms with Crippen LogP contribution in [0.3, 0.4) is 0 Å². The van der Waals surface area contributed by atoms with Gasteiger partial charge in [-0.1, -0.05) is 6.92 Å². The summed E-state index contributed by atoms with van der Waals surface area (Å²) in [4.78, 5) is 24.3. The molecule has 0 atom stereocenters. The maximum absolute atomic E-state index is 11.6. The van der Waals surface area contributed by atoms with Crippen molar-refractivity contribution in [3.05, 3.63) is 16.8 Å². The second kappa shape index (κ2) is 5.52. The molecule has 2 heterocycles. The fourth-order valence-electron chi connectivity index (χ4n) is 1.70. The van der Waals surface area contributed by atoms with Crippen molar-refractivity contribution in [1.29, 1.82) is 0 Å². The zero-order valence-corrected chi connectivity index (χ0v) is 12.5. The van der Waals surface area contributed by atoms with Crippen LogP contribution in [-0.2, 0) is 11.2 Å². The van der Waals surface area contributed by atoms with Crippen LogP contribution in [0.4, 0.5) is 5.82 Å². The van der Waals surface area contributed by atoms with E-state index in [1.165, 1.54) is 4.88 Å². The van der Waals surface area contributed by atoms with Crippen molar-refractivity contribution in [3.8, 4) is 0 Å². The van der Waals surface area contributed by atoms with Gasteiger partial charge in [0.25, 0.3) is 0 Å². The average Bonchev–Trinajstić information content (AvgIpc) is 2.78. The first-order valence-electron chi connectivity index (χ1n) is 6.22. The second-order valence-electron chi connectivity index (χ2n) is 4.55. The van der Waals surface area contributed by atoms with Crippen LogP contribution in [0.1, 0.15) is 17.6 Å². The third kappa shape index (κ3) is 3.01. The predicted octanol–water partition coefficient (Wildman–Crippen LogP) is 2.06. The standard InChI is InChI=1S/C13H18N4OS/c1-5-9-6-10-12(14-7-11(18)17(3)4)15-8(2)16-13(10)19-9/h6H,5,7H2,1-4H3,(H,14,15,16). The first-order valence-corrected chi connectivity index (χ1v) is 7.04. The summed E-state index contributed by atoms with van der Waals surface area (Å²) >= 11 is 1.68. The van der Waals surface area contributed by atoms with Crippen molar-refractivity contribution in [3.63, 3.8) is 0 Å². The number of nitrogens with one attached hydrogen (secondary N) is 1. The summed E-state index contributed by atoms with van der Waals surface area (Å²) < 4.78 is 0. The molecule has 19 heavy (non-hydrogen) atoms. The van der Waals surface area contributed by atoms with Crippen LogP contribution in [-0.4, -0.2) is 41.4 Å². The van der Waals surface area contributed by atoms with E-state index >= 15 is 0 Å². The van der Waals surface area contributed by atoms with Gasteiger partial charge in [0.15, 0.2) is 0 Å². The summed E-state index contributed by atoms with van der Waals surface area (Å²) in [6.07, 6.45) is 0.982. The number of rotatable bonds is 4. The number of carbonyl (C=O) groups excluding carboxylic acids is 1. The van der Waals surface area contributed by atoms with Crippen LogP contribution in [0.15, 0.2) is 6.07 Å². The van der Waals surface area contributed by atoms with E-state index in [9.17, 15) is 4.79 Å². The molecule has 2 aromatic rings. The molecule has 0 aromatic carbocycles. The van der Waals surface area contributed by atoms with Gasteiger partial charge in [-0.3, -0.25) is 4.79 Å². The van der Waals surface area contributed by atoms with E-state index in [-0.39, 0.29) is 12.5 Å². The van der Waals surface area contributed by atoms with E-state index in [4.69, 9.17) is 0 Å². The Morgan fingerprint density at radius 1 is 1.42 bits per heavy atom. The molecule has 1 N–H and O–H groups in total. The molecule has 0 unspecified atom stereocenters. The summed E-state index contributed by atoms with van der Waals surface area (Å²) in [7, 11) is 3.48. The Balaban J connectivity index is 2.31. The first-order chi connectivity index (χ1) is 9.01. The zero-order chi connectivity index (χ0) is 14.0. The molecule has 5 nitrogen and oxygen atoms in total. The van der Waals surface area contributed by atoms with Crippen molar-refractivity contribution in [2.45, 2.75) is 20.3 Å². The van der Waals surface area contributed by atoms with Crippen LogP contribution >= 0.6 is 11.3 Å². The molecular weight excluding hydrogens is 260 g/mol. The third-order valence-corrected chi connectivity index (χ3v) is 3.98. The molecule has 2 rings (SSSR count). The molecule has 0 radical (unpaired) electrons. The van der Waals surface area contributed by atoms with Crippen LogP contribution in [0, 0.1) is 6.92 Å². The molecular formula is C13H18N4OS. The van der Waals surface area contributed by atoms with Gasteiger partial charge in [-0.15, -0.1) is 11.3 Å². The van der Waals surface area contributed by atoms with Crippen LogP contribution < -0.4 is 5.32 Å². The molecule has 0 aliphatic carbocycles. The lowest BCUT2D eigenvalue weighted by atomic mass is 10.3. The van der Waals surface area contributed by atoms with Gasteiger partial charge in [0.1, 0.15) is 16.5 Å². The Hall–Kier alpha value is -1.69. The van der Waals surface area contributed by atoms with Gasteiger partial charge >= 0.3 is 0 Å². The lowest BCUT2D eigenvalue weighted by Gasteiger charge is -2.11. The number of amides is 1. The zero-order valence-electron chi connectivity index (χ0n) is 11.6. The molecule has 0 aliphatic heterocycles. The number of carbonyl (C=O) groups is 1. The highest BCUT2D eigenvalue weighted by atomic mass is 32.1. The minimum Gasteiger partial charge on any atom is -0.360 e. The Kier molecular flexibility index (Phi) is 3.99. The van der Waals surface area contributed by atoms with Gasteiger partial charge in [-0.25, -0.2) is 9.97 Å². The normalized spacial score (nSPS) is 10.7. The van der Waals surface area contributed by atoms with Gasteiger partial charge in [0.05, 0.1) is 11.9 Å². The van der Waals surface area contributed by atoms with Crippen LogP contribution in [0.25, 0.3) is 10.2 Å². The second-order valence-corrected chi connectivity index (χ2v) is 5.66. The number of thiophene rings is 1. The molecule has 102 valence electrons. The minimum absolute atomic E-state index is 0.0235. The van der Waals surface area contributed by atoms with Crippen molar-refractivity contribution in [2.24, 2.45) is 0 Å². The molecule has 0 bridgehead atoms. The van der Waals surface area contributed by atoms with Gasteiger partial charge in [0, 0.05) is 19.0 Å². The number of hydrogen-bond donors (Lipinski definition) is 1. The SMILES string of the molecule is CCc1cc2c(NCC(=O)N(C)C)nc(C)nc2s1. The molecule has 0 aliphatic rings. The maximum atomic E-state index is 11.6. The molecule has 0 saturated heterocycles. The van der Waals surface area contributed by atoms with E-state index in [1.54, 1.807) is 30.3 Å².